The molecule has 7 nitrogen and oxygen atoms in total. The van der Waals surface area contributed by atoms with E-state index in [1.807, 2.05) is 6.92 Å². The van der Waals surface area contributed by atoms with Gasteiger partial charge in [-0.15, -0.1) is 16.4 Å². The monoisotopic (exact) mass is 400 g/mol. The Balaban J connectivity index is 1.57. The molecule has 3 aromatic rings. The van der Waals surface area contributed by atoms with Crippen LogP contribution in [0, 0.1) is 6.92 Å². The molecule has 1 N–H and O–H groups in total. The Kier molecular flexibility index (Phi) is 5.59. The number of aryl methyl sites for hydroxylation is 3. The zero-order valence-electron chi connectivity index (χ0n) is 16.9. The van der Waals surface area contributed by atoms with E-state index in [4.69, 9.17) is 4.98 Å². The molecule has 8 heteroatoms. The molecule has 0 radical (unpaired) electrons. The van der Waals surface area contributed by atoms with Crippen molar-refractivity contribution < 1.29 is 4.79 Å². The fourth-order valence-corrected chi connectivity index (χ4v) is 5.28. The summed E-state index contributed by atoms with van der Waals surface area (Å²) in [4.78, 5) is 26.7. The van der Waals surface area contributed by atoms with Gasteiger partial charge in [-0.25, -0.2) is 9.97 Å². The van der Waals surface area contributed by atoms with E-state index < -0.39 is 0 Å². The van der Waals surface area contributed by atoms with Crippen LogP contribution >= 0.6 is 11.3 Å². The van der Waals surface area contributed by atoms with Crippen LogP contribution in [0.15, 0.2) is 0 Å². The second-order valence-electron chi connectivity index (χ2n) is 7.36. The number of rotatable bonds is 7. The second-order valence-corrected chi connectivity index (χ2v) is 8.44. The lowest BCUT2D eigenvalue weighted by Crippen LogP contribution is -2.30. The highest BCUT2D eigenvalue weighted by atomic mass is 32.1. The molecule has 4 rings (SSSR count). The molecule has 150 valence electrons. The third-order valence-corrected chi connectivity index (χ3v) is 6.77. The topological polar surface area (TPSA) is 75.4 Å². The highest BCUT2D eigenvalue weighted by Gasteiger charge is 2.23. The maximum atomic E-state index is 12.6. The summed E-state index contributed by atoms with van der Waals surface area (Å²) in [5.74, 6) is 0.796. The maximum Gasteiger partial charge on any atom is 0.290 e. The Labute approximate surface area is 169 Å². The molecule has 0 aromatic carbocycles. The predicted octanol–water partition coefficient (Wildman–Crippen LogP) is 2.99. The summed E-state index contributed by atoms with van der Waals surface area (Å²) in [7, 11) is 0. The van der Waals surface area contributed by atoms with Gasteiger partial charge in [0.25, 0.3) is 5.91 Å². The van der Waals surface area contributed by atoms with Crippen LogP contribution in [0.2, 0.25) is 0 Å². The number of hydrogen-bond acceptors (Lipinski definition) is 6. The molecular weight excluding hydrogens is 372 g/mol. The Hall–Kier alpha value is -2.06. The molecule has 3 aromatic heterocycles. The van der Waals surface area contributed by atoms with Crippen LogP contribution in [0.4, 0.5) is 0 Å². The SMILES string of the molecule is CCN(CC)CCCNC(=O)c1nc2c3c4c(sc3nc(C)n2n1)CCCC4. The van der Waals surface area contributed by atoms with Gasteiger partial charge in [0, 0.05) is 11.4 Å². The van der Waals surface area contributed by atoms with E-state index in [0.717, 1.165) is 60.6 Å². The molecule has 0 unspecified atom stereocenters. The lowest BCUT2D eigenvalue weighted by Gasteiger charge is -2.17. The van der Waals surface area contributed by atoms with Crippen molar-refractivity contribution in [3.8, 4) is 0 Å². The average molecular weight is 401 g/mol. The number of aromatic nitrogens is 4. The summed E-state index contributed by atoms with van der Waals surface area (Å²) < 4.78 is 1.73. The van der Waals surface area contributed by atoms with Gasteiger partial charge in [-0.1, -0.05) is 13.8 Å². The molecule has 0 bridgehead atoms. The quantitative estimate of drug-likeness (QED) is 0.617. The minimum absolute atomic E-state index is 0.208. The lowest BCUT2D eigenvalue weighted by atomic mass is 9.97. The molecule has 1 aliphatic carbocycles. The Morgan fingerprint density at radius 1 is 1.21 bits per heavy atom. The number of thiophene rings is 1. The first-order valence-corrected chi connectivity index (χ1v) is 11.1. The van der Waals surface area contributed by atoms with Crippen LogP contribution in [0.1, 0.15) is 60.0 Å². The van der Waals surface area contributed by atoms with E-state index in [9.17, 15) is 4.79 Å². The second kappa shape index (κ2) is 8.13. The van der Waals surface area contributed by atoms with Crippen molar-refractivity contribution in [2.75, 3.05) is 26.2 Å². The number of carbonyl (C=O) groups is 1. The minimum Gasteiger partial charge on any atom is -0.349 e. The van der Waals surface area contributed by atoms with Crippen LogP contribution < -0.4 is 5.32 Å². The molecule has 1 aliphatic rings. The standard InChI is InChI=1S/C20H28N6OS/c1-4-25(5-2)12-8-11-21-19(27)17-23-18-16-14-9-6-7-10-15(14)28-20(16)22-13(3)26(18)24-17/h4-12H2,1-3H3,(H,21,27). The Morgan fingerprint density at radius 2 is 2.00 bits per heavy atom. The number of nitrogens with one attached hydrogen (secondary N) is 1. The minimum atomic E-state index is -0.208. The molecular formula is C20H28N6OS. The normalized spacial score (nSPS) is 14.1. The lowest BCUT2D eigenvalue weighted by molar-refractivity contribution is 0.0941. The van der Waals surface area contributed by atoms with Crippen LogP contribution in [0.3, 0.4) is 0 Å². The van der Waals surface area contributed by atoms with Gasteiger partial charge in [-0.3, -0.25) is 4.79 Å². The van der Waals surface area contributed by atoms with Crippen molar-refractivity contribution in [2.24, 2.45) is 0 Å². The zero-order valence-corrected chi connectivity index (χ0v) is 17.7. The molecule has 1 amide bonds. The number of amides is 1. The van der Waals surface area contributed by atoms with Gasteiger partial charge in [-0.2, -0.15) is 4.52 Å². The van der Waals surface area contributed by atoms with E-state index in [0.29, 0.717) is 6.54 Å². The number of nitrogens with zero attached hydrogens (tertiary/aromatic N) is 5. The molecule has 0 aliphatic heterocycles. The van der Waals surface area contributed by atoms with Gasteiger partial charge in [0.2, 0.25) is 5.82 Å². The van der Waals surface area contributed by atoms with Gasteiger partial charge < -0.3 is 10.2 Å². The summed E-state index contributed by atoms with van der Waals surface area (Å²) in [6.45, 7) is 9.91. The molecule has 0 spiro atoms. The van der Waals surface area contributed by atoms with Gasteiger partial charge >= 0.3 is 0 Å². The van der Waals surface area contributed by atoms with Crippen LogP contribution in [0.25, 0.3) is 15.9 Å². The largest absolute Gasteiger partial charge is 0.349 e. The molecule has 0 atom stereocenters. The summed E-state index contributed by atoms with van der Waals surface area (Å²) in [5.41, 5.74) is 2.14. The van der Waals surface area contributed by atoms with E-state index in [1.54, 1.807) is 15.9 Å². The van der Waals surface area contributed by atoms with Crippen LogP contribution in [-0.4, -0.2) is 56.6 Å². The number of carbonyl (C=O) groups excluding carboxylic acids is 1. The molecule has 28 heavy (non-hydrogen) atoms. The third-order valence-electron chi connectivity index (χ3n) is 5.59. The van der Waals surface area contributed by atoms with Crippen LogP contribution in [0.5, 0.6) is 0 Å². The predicted molar refractivity (Wildman–Crippen MR) is 112 cm³/mol. The van der Waals surface area contributed by atoms with E-state index in [2.05, 4.69) is 34.1 Å². The molecule has 0 saturated heterocycles. The molecule has 3 heterocycles. The van der Waals surface area contributed by atoms with Gasteiger partial charge in [0.05, 0.1) is 5.39 Å². The highest BCUT2D eigenvalue weighted by molar-refractivity contribution is 7.19. The van der Waals surface area contributed by atoms with Crippen molar-refractivity contribution in [3.63, 3.8) is 0 Å². The Bertz CT molecular complexity index is 1000. The molecule has 0 fully saturated rings. The average Bonchev–Trinajstić information content (AvgIpc) is 3.29. The first kappa shape index (κ1) is 19.3. The summed E-state index contributed by atoms with van der Waals surface area (Å²) in [5, 5.41) is 8.52. The summed E-state index contributed by atoms with van der Waals surface area (Å²) >= 11 is 1.77. The van der Waals surface area contributed by atoms with Crippen molar-refractivity contribution in [3.05, 3.63) is 22.1 Å². The number of fused-ring (bicyclic) bond motifs is 5. The zero-order chi connectivity index (χ0) is 19.7. The Morgan fingerprint density at radius 3 is 2.79 bits per heavy atom. The van der Waals surface area contributed by atoms with E-state index in [1.165, 1.54) is 23.3 Å². The van der Waals surface area contributed by atoms with Gasteiger partial charge in [0.1, 0.15) is 10.7 Å². The first-order valence-electron chi connectivity index (χ1n) is 10.3. The smallest absolute Gasteiger partial charge is 0.290 e. The van der Waals surface area contributed by atoms with Crippen molar-refractivity contribution in [1.82, 2.24) is 29.8 Å². The van der Waals surface area contributed by atoms with Crippen LogP contribution in [-0.2, 0) is 12.8 Å². The van der Waals surface area contributed by atoms with Crippen molar-refractivity contribution in [2.45, 2.75) is 52.9 Å². The van der Waals surface area contributed by atoms with Gasteiger partial charge in [0.15, 0.2) is 5.65 Å². The fraction of sp³-hybridized carbons (Fsp3) is 0.600. The summed E-state index contributed by atoms with van der Waals surface area (Å²) in [6, 6.07) is 0. The first-order chi connectivity index (χ1) is 13.6. The number of hydrogen-bond donors (Lipinski definition) is 1. The fourth-order valence-electron chi connectivity index (χ4n) is 3.97. The van der Waals surface area contributed by atoms with Crippen molar-refractivity contribution in [1.29, 1.82) is 0 Å². The van der Waals surface area contributed by atoms with Gasteiger partial charge in [-0.05, 0) is 64.2 Å². The van der Waals surface area contributed by atoms with E-state index in [-0.39, 0.29) is 11.7 Å². The van der Waals surface area contributed by atoms with Crippen molar-refractivity contribution >= 4 is 33.1 Å². The van der Waals surface area contributed by atoms with E-state index >= 15 is 0 Å². The summed E-state index contributed by atoms with van der Waals surface area (Å²) in [6.07, 6.45) is 5.55. The third kappa shape index (κ3) is 3.51. The maximum absolute atomic E-state index is 12.6. The molecule has 0 saturated carbocycles. The highest BCUT2D eigenvalue weighted by Crippen LogP contribution is 2.37.